The summed E-state index contributed by atoms with van der Waals surface area (Å²) in [5, 5.41) is 6.71. The molecule has 3 aromatic rings. The summed E-state index contributed by atoms with van der Waals surface area (Å²) in [5.41, 5.74) is 8.57. The van der Waals surface area contributed by atoms with E-state index in [1.54, 1.807) is 11.3 Å². The SMILES string of the molecule is NC(=S)c1ccccc1Nc1ccc2sccc2c1. The third kappa shape index (κ3) is 2.45. The van der Waals surface area contributed by atoms with Gasteiger partial charge in [0.05, 0.1) is 0 Å². The molecule has 0 atom stereocenters. The molecule has 1 heterocycles. The number of thiophene rings is 1. The molecule has 1 aromatic heterocycles. The van der Waals surface area contributed by atoms with Crippen LogP contribution in [-0.4, -0.2) is 4.99 Å². The van der Waals surface area contributed by atoms with Crippen LogP contribution in [0.25, 0.3) is 10.1 Å². The molecular weight excluding hydrogens is 272 g/mol. The smallest absolute Gasteiger partial charge is 0.106 e. The standard InChI is InChI=1S/C15H12N2S2/c16-15(18)12-3-1-2-4-13(12)17-11-5-6-14-10(9-11)7-8-19-14/h1-9,17H,(H2,16,18). The fourth-order valence-electron chi connectivity index (χ4n) is 2.01. The molecule has 0 aliphatic carbocycles. The predicted octanol–water partition coefficient (Wildman–Crippen LogP) is 4.28. The number of rotatable bonds is 3. The van der Waals surface area contributed by atoms with Gasteiger partial charge in [0.2, 0.25) is 0 Å². The number of fused-ring (bicyclic) bond motifs is 1. The second-order valence-corrected chi connectivity index (χ2v) is 5.60. The maximum absolute atomic E-state index is 5.74. The summed E-state index contributed by atoms with van der Waals surface area (Å²) in [6.45, 7) is 0. The van der Waals surface area contributed by atoms with Gasteiger partial charge < -0.3 is 11.1 Å². The average molecular weight is 284 g/mol. The van der Waals surface area contributed by atoms with E-state index in [9.17, 15) is 0 Å². The normalized spacial score (nSPS) is 10.5. The van der Waals surface area contributed by atoms with Crippen LogP contribution in [0.4, 0.5) is 11.4 Å². The number of thiocarbonyl (C=S) groups is 1. The summed E-state index contributed by atoms with van der Waals surface area (Å²) >= 11 is 6.81. The zero-order chi connectivity index (χ0) is 13.2. The number of anilines is 2. The largest absolute Gasteiger partial charge is 0.389 e. The quantitative estimate of drug-likeness (QED) is 0.705. The number of benzene rings is 2. The molecule has 0 saturated carbocycles. The second kappa shape index (κ2) is 4.99. The van der Waals surface area contributed by atoms with Crippen LogP contribution in [0.3, 0.4) is 0 Å². The molecular formula is C15H12N2S2. The molecule has 19 heavy (non-hydrogen) atoms. The lowest BCUT2D eigenvalue weighted by Crippen LogP contribution is -2.11. The first-order valence-electron chi connectivity index (χ1n) is 5.87. The van der Waals surface area contributed by atoms with Crippen molar-refractivity contribution in [2.24, 2.45) is 5.73 Å². The highest BCUT2D eigenvalue weighted by Crippen LogP contribution is 2.27. The van der Waals surface area contributed by atoms with Crippen LogP contribution >= 0.6 is 23.6 Å². The van der Waals surface area contributed by atoms with Crippen LogP contribution in [0.5, 0.6) is 0 Å². The van der Waals surface area contributed by atoms with Gasteiger partial charge in [-0.15, -0.1) is 11.3 Å². The molecule has 0 saturated heterocycles. The Labute approximate surface area is 120 Å². The van der Waals surface area contributed by atoms with E-state index in [0.29, 0.717) is 4.99 Å². The highest BCUT2D eigenvalue weighted by atomic mass is 32.1. The monoisotopic (exact) mass is 284 g/mol. The molecule has 0 spiro atoms. The van der Waals surface area contributed by atoms with Gasteiger partial charge in [-0.25, -0.2) is 0 Å². The van der Waals surface area contributed by atoms with E-state index in [2.05, 4.69) is 35.0 Å². The van der Waals surface area contributed by atoms with E-state index in [-0.39, 0.29) is 0 Å². The molecule has 3 rings (SSSR count). The Bertz CT molecular complexity index is 746. The van der Waals surface area contributed by atoms with Crippen molar-refractivity contribution in [3.05, 3.63) is 59.5 Å². The molecule has 0 radical (unpaired) electrons. The van der Waals surface area contributed by atoms with Gasteiger partial charge in [0, 0.05) is 21.6 Å². The fourth-order valence-corrected chi connectivity index (χ4v) is 2.96. The van der Waals surface area contributed by atoms with Crippen molar-refractivity contribution in [1.82, 2.24) is 0 Å². The van der Waals surface area contributed by atoms with Crippen molar-refractivity contribution in [2.45, 2.75) is 0 Å². The van der Waals surface area contributed by atoms with E-state index in [1.807, 2.05) is 24.3 Å². The summed E-state index contributed by atoms with van der Waals surface area (Å²) in [4.78, 5) is 0.403. The Morgan fingerprint density at radius 3 is 2.79 bits per heavy atom. The fraction of sp³-hybridized carbons (Fsp3) is 0. The number of hydrogen-bond donors (Lipinski definition) is 2. The summed E-state index contributed by atoms with van der Waals surface area (Å²) in [7, 11) is 0. The minimum atomic E-state index is 0.403. The average Bonchev–Trinajstić information content (AvgIpc) is 2.86. The molecule has 0 amide bonds. The van der Waals surface area contributed by atoms with Crippen LogP contribution < -0.4 is 11.1 Å². The molecule has 0 aliphatic heterocycles. The van der Waals surface area contributed by atoms with Gasteiger partial charge in [0.25, 0.3) is 0 Å². The van der Waals surface area contributed by atoms with Gasteiger partial charge in [-0.3, -0.25) is 0 Å². The molecule has 0 bridgehead atoms. The highest BCUT2D eigenvalue weighted by Gasteiger charge is 2.05. The number of nitrogens with two attached hydrogens (primary N) is 1. The van der Waals surface area contributed by atoms with Crippen LogP contribution in [0.1, 0.15) is 5.56 Å². The van der Waals surface area contributed by atoms with Gasteiger partial charge in [0.15, 0.2) is 0 Å². The first kappa shape index (κ1) is 12.1. The second-order valence-electron chi connectivity index (χ2n) is 4.21. The van der Waals surface area contributed by atoms with E-state index < -0.39 is 0 Å². The maximum Gasteiger partial charge on any atom is 0.106 e. The molecule has 0 aliphatic rings. The number of hydrogen-bond acceptors (Lipinski definition) is 3. The highest BCUT2D eigenvalue weighted by molar-refractivity contribution is 7.80. The van der Waals surface area contributed by atoms with Crippen molar-refractivity contribution in [2.75, 3.05) is 5.32 Å². The van der Waals surface area contributed by atoms with Gasteiger partial charge in [-0.05, 0) is 47.2 Å². The Morgan fingerprint density at radius 2 is 1.95 bits per heavy atom. The summed E-state index contributed by atoms with van der Waals surface area (Å²) in [6, 6.07) is 16.2. The van der Waals surface area contributed by atoms with Crippen molar-refractivity contribution >= 4 is 50.0 Å². The zero-order valence-corrected chi connectivity index (χ0v) is 11.7. The Balaban J connectivity index is 1.98. The molecule has 94 valence electrons. The van der Waals surface area contributed by atoms with Crippen molar-refractivity contribution in [1.29, 1.82) is 0 Å². The van der Waals surface area contributed by atoms with Crippen molar-refractivity contribution in [3.8, 4) is 0 Å². The molecule has 2 aromatic carbocycles. The van der Waals surface area contributed by atoms with Crippen molar-refractivity contribution in [3.63, 3.8) is 0 Å². The van der Waals surface area contributed by atoms with Gasteiger partial charge in [0.1, 0.15) is 4.99 Å². The minimum absolute atomic E-state index is 0.403. The lowest BCUT2D eigenvalue weighted by molar-refractivity contribution is 1.54. The first-order chi connectivity index (χ1) is 9.24. The third-order valence-corrected chi connectivity index (χ3v) is 4.04. The summed E-state index contributed by atoms with van der Waals surface area (Å²) in [6.07, 6.45) is 0. The van der Waals surface area contributed by atoms with Gasteiger partial charge in [-0.2, -0.15) is 0 Å². The van der Waals surface area contributed by atoms with E-state index in [1.165, 1.54) is 10.1 Å². The maximum atomic E-state index is 5.74. The van der Waals surface area contributed by atoms with Crippen molar-refractivity contribution < 1.29 is 0 Å². The van der Waals surface area contributed by atoms with Gasteiger partial charge >= 0.3 is 0 Å². The zero-order valence-electron chi connectivity index (χ0n) is 10.1. The van der Waals surface area contributed by atoms with E-state index in [4.69, 9.17) is 18.0 Å². The van der Waals surface area contributed by atoms with Gasteiger partial charge in [-0.1, -0.05) is 24.4 Å². The Kier molecular flexibility index (Phi) is 3.19. The Hall–Kier alpha value is -1.91. The van der Waals surface area contributed by atoms with Crippen LogP contribution in [-0.2, 0) is 0 Å². The topological polar surface area (TPSA) is 38.0 Å². The van der Waals surface area contributed by atoms with E-state index >= 15 is 0 Å². The first-order valence-corrected chi connectivity index (χ1v) is 7.16. The van der Waals surface area contributed by atoms with Crippen LogP contribution in [0.2, 0.25) is 0 Å². The van der Waals surface area contributed by atoms with Crippen LogP contribution in [0.15, 0.2) is 53.9 Å². The molecule has 2 nitrogen and oxygen atoms in total. The molecule has 3 N–H and O–H groups in total. The molecule has 4 heteroatoms. The minimum Gasteiger partial charge on any atom is -0.389 e. The summed E-state index contributed by atoms with van der Waals surface area (Å²) in [5.74, 6) is 0. The predicted molar refractivity (Wildman–Crippen MR) is 87.4 cm³/mol. The lowest BCUT2D eigenvalue weighted by Gasteiger charge is -2.11. The third-order valence-electron chi connectivity index (χ3n) is 2.92. The number of para-hydroxylation sites is 1. The number of nitrogens with one attached hydrogen (secondary N) is 1. The van der Waals surface area contributed by atoms with Crippen LogP contribution in [0, 0.1) is 0 Å². The lowest BCUT2D eigenvalue weighted by atomic mass is 10.1. The van der Waals surface area contributed by atoms with E-state index in [0.717, 1.165) is 16.9 Å². The summed E-state index contributed by atoms with van der Waals surface area (Å²) < 4.78 is 1.29. The molecule has 0 fully saturated rings. The molecule has 0 unspecified atom stereocenters. The Morgan fingerprint density at radius 1 is 1.11 bits per heavy atom.